The Morgan fingerprint density at radius 1 is 1.60 bits per heavy atom. The minimum atomic E-state index is 0.126. The minimum Gasteiger partial charge on any atom is -0.271 e. The molecule has 0 saturated carbocycles. The largest absolute Gasteiger partial charge is 0.271 e. The maximum Gasteiger partial charge on any atom is 0.0801 e. The van der Waals surface area contributed by atoms with E-state index < -0.39 is 0 Å². The first-order chi connectivity index (χ1) is 7.33. The van der Waals surface area contributed by atoms with Crippen molar-refractivity contribution >= 4 is 11.5 Å². The Balaban J connectivity index is 2.67. The fraction of sp³-hybridized carbons (Fsp3) is 0.600. The van der Waals surface area contributed by atoms with Gasteiger partial charge in [0.15, 0.2) is 0 Å². The van der Waals surface area contributed by atoms with Crippen LogP contribution in [0.3, 0.4) is 0 Å². The molecule has 15 heavy (non-hydrogen) atoms. The Bertz CT molecular complexity index is 350. The average Bonchev–Trinajstić information content (AvgIpc) is 2.72. The van der Waals surface area contributed by atoms with E-state index in [1.165, 1.54) is 11.5 Å². The van der Waals surface area contributed by atoms with Gasteiger partial charge in [-0.25, -0.2) is 0 Å². The number of hydrazine groups is 1. The number of nitrogens with zero attached hydrogens (tertiary/aromatic N) is 2. The van der Waals surface area contributed by atoms with E-state index in [0.29, 0.717) is 0 Å². The van der Waals surface area contributed by atoms with E-state index >= 15 is 0 Å². The molecule has 1 aromatic rings. The maximum absolute atomic E-state index is 5.52. The van der Waals surface area contributed by atoms with Crippen LogP contribution in [0.25, 0.3) is 0 Å². The first kappa shape index (κ1) is 12.1. The molecule has 1 aromatic heterocycles. The van der Waals surface area contributed by atoms with Crippen LogP contribution >= 0.6 is 11.5 Å². The molecule has 0 radical (unpaired) electrons. The van der Waals surface area contributed by atoms with Gasteiger partial charge >= 0.3 is 0 Å². The fourth-order valence-electron chi connectivity index (χ4n) is 1.36. The van der Waals surface area contributed by atoms with Gasteiger partial charge in [-0.15, -0.1) is 16.9 Å². The van der Waals surface area contributed by atoms with Crippen molar-refractivity contribution in [2.45, 2.75) is 39.2 Å². The van der Waals surface area contributed by atoms with E-state index in [9.17, 15) is 0 Å². The molecule has 1 atom stereocenters. The summed E-state index contributed by atoms with van der Waals surface area (Å²) in [5.74, 6) is 11.4. The topological polar surface area (TPSA) is 63.8 Å². The first-order valence-corrected chi connectivity index (χ1v) is 5.77. The number of nitrogens with one attached hydrogen (secondary N) is 1. The van der Waals surface area contributed by atoms with Gasteiger partial charge in [0.05, 0.1) is 16.6 Å². The summed E-state index contributed by atoms with van der Waals surface area (Å²) < 4.78 is 3.95. The van der Waals surface area contributed by atoms with Crippen LogP contribution in [0.2, 0.25) is 0 Å². The lowest BCUT2D eigenvalue weighted by Gasteiger charge is -2.12. The smallest absolute Gasteiger partial charge is 0.0801 e. The van der Waals surface area contributed by atoms with Crippen LogP contribution in [0.1, 0.15) is 43.3 Å². The molecule has 0 saturated heterocycles. The quantitative estimate of drug-likeness (QED) is 0.451. The summed E-state index contributed by atoms with van der Waals surface area (Å²) in [6.07, 6.45) is 2.63. The monoisotopic (exact) mass is 224 g/mol. The van der Waals surface area contributed by atoms with E-state index in [-0.39, 0.29) is 6.04 Å². The number of rotatable bonds is 5. The normalized spacial score (nSPS) is 11.9. The third-order valence-electron chi connectivity index (χ3n) is 2.17. The summed E-state index contributed by atoms with van der Waals surface area (Å²) in [6, 6.07) is 0.126. The van der Waals surface area contributed by atoms with Crippen LogP contribution in [0.15, 0.2) is 0 Å². The van der Waals surface area contributed by atoms with Crippen molar-refractivity contribution in [3.8, 4) is 11.8 Å². The van der Waals surface area contributed by atoms with E-state index in [4.69, 9.17) is 5.84 Å². The Morgan fingerprint density at radius 3 is 3.00 bits per heavy atom. The molecule has 0 fully saturated rings. The lowest BCUT2D eigenvalue weighted by molar-refractivity contribution is 0.527. The van der Waals surface area contributed by atoms with Gasteiger partial charge in [-0.1, -0.05) is 11.4 Å². The zero-order valence-corrected chi connectivity index (χ0v) is 9.90. The maximum atomic E-state index is 5.52. The predicted molar refractivity (Wildman–Crippen MR) is 62.0 cm³/mol. The van der Waals surface area contributed by atoms with Crippen molar-refractivity contribution in [3.63, 3.8) is 0 Å². The SMILES string of the molecule is CC#CCCC(NN)c1snnc1CC. The molecular formula is C10H16N4S. The highest BCUT2D eigenvalue weighted by atomic mass is 32.1. The molecule has 0 aliphatic carbocycles. The zero-order valence-electron chi connectivity index (χ0n) is 9.08. The van der Waals surface area contributed by atoms with Gasteiger partial charge in [0.25, 0.3) is 0 Å². The Labute approximate surface area is 94.4 Å². The van der Waals surface area contributed by atoms with Crippen molar-refractivity contribution in [2.24, 2.45) is 5.84 Å². The van der Waals surface area contributed by atoms with Gasteiger partial charge < -0.3 is 0 Å². The van der Waals surface area contributed by atoms with Gasteiger partial charge in [0.1, 0.15) is 0 Å². The number of hydrogen-bond donors (Lipinski definition) is 2. The summed E-state index contributed by atoms with van der Waals surface area (Å²) in [7, 11) is 0. The summed E-state index contributed by atoms with van der Waals surface area (Å²) in [5.41, 5.74) is 3.84. The van der Waals surface area contributed by atoms with Crippen LogP contribution in [0, 0.1) is 11.8 Å². The van der Waals surface area contributed by atoms with Gasteiger partial charge in [0, 0.05) is 6.42 Å². The van der Waals surface area contributed by atoms with Crippen molar-refractivity contribution in [1.82, 2.24) is 15.0 Å². The van der Waals surface area contributed by atoms with Crippen molar-refractivity contribution in [2.75, 3.05) is 0 Å². The molecule has 1 unspecified atom stereocenters. The van der Waals surface area contributed by atoms with Crippen LogP contribution in [0.5, 0.6) is 0 Å². The Kier molecular flexibility index (Phi) is 5.26. The number of aromatic nitrogens is 2. The summed E-state index contributed by atoms with van der Waals surface area (Å²) >= 11 is 1.41. The second kappa shape index (κ2) is 6.51. The predicted octanol–water partition coefficient (Wildman–Crippen LogP) is 1.41. The molecule has 0 aliphatic rings. The average molecular weight is 224 g/mol. The molecule has 82 valence electrons. The zero-order chi connectivity index (χ0) is 11.1. The molecule has 0 bridgehead atoms. The van der Waals surface area contributed by atoms with Gasteiger partial charge in [-0.05, 0) is 31.3 Å². The van der Waals surface area contributed by atoms with Crippen molar-refractivity contribution < 1.29 is 0 Å². The Morgan fingerprint density at radius 2 is 2.40 bits per heavy atom. The minimum absolute atomic E-state index is 0.126. The number of aryl methyl sites for hydroxylation is 1. The van der Waals surface area contributed by atoms with E-state index in [1.54, 1.807) is 0 Å². The highest BCUT2D eigenvalue weighted by Crippen LogP contribution is 2.23. The fourth-order valence-corrected chi connectivity index (χ4v) is 2.19. The highest BCUT2D eigenvalue weighted by Gasteiger charge is 2.16. The molecule has 0 aromatic carbocycles. The lowest BCUT2D eigenvalue weighted by Crippen LogP contribution is -2.28. The summed E-state index contributed by atoms with van der Waals surface area (Å²) in [5, 5.41) is 4.07. The molecule has 0 amide bonds. The first-order valence-electron chi connectivity index (χ1n) is 5.00. The summed E-state index contributed by atoms with van der Waals surface area (Å²) in [4.78, 5) is 1.14. The van der Waals surface area contributed by atoms with Crippen LogP contribution in [-0.4, -0.2) is 9.59 Å². The second-order valence-electron chi connectivity index (χ2n) is 3.12. The van der Waals surface area contributed by atoms with Crippen LogP contribution in [-0.2, 0) is 6.42 Å². The second-order valence-corrected chi connectivity index (χ2v) is 3.91. The third kappa shape index (κ3) is 3.27. The number of hydrogen-bond acceptors (Lipinski definition) is 5. The molecule has 1 rings (SSSR count). The molecule has 5 heteroatoms. The molecule has 0 spiro atoms. The van der Waals surface area contributed by atoms with Gasteiger partial charge in [0.2, 0.25) is 0 Å². The number of nitrogens with two attached hydrogens (primary N) is 1. The van der Waals surface area contributed by atoms with Gasteiger partial charge in [-0.2, -0.15) is 0 Å². The van der Waals surface area contributed by atoms with Crippen LogP contribution in [0.4, 0.5) is 0 Å². The lowest BCUT2D eigenvalue weighted by atomic mass is 10.1. The van der Waals surface area contributed by atoms with E-state index in [0.717, 1.165) is 29.8 Å². The summed E-state index contributed by atoms with van der Waals surface area (Å²) in [6.45, 7) is 3.91. The van der Waals surface area contributed by atoms with E-state index in [2.05, 4.69) is 33.8 Å². The highest BCUT2D eigenvalue weighted by molar-refractivity contribution is 7.05. The van der Waals surface area contributed by atoms with Crippen molar-refractivity contribution in [3.05, 3.63) is 10.6 Å². The van der Waals surface area contributed by atoms with Crippen LogP contribution < -0.4 is 11.3 Å². The molecular weight excluding hydrogens is 208 g/mol. The van der Waals surface area contributed by atoms with Gasteiger partial charge in [-0.3, -0.25) is 11.3 Å². The molecule has 1 heterocycles. The Hall–Kier alpha value is -0.960. The molecule has 3 N–H and O–H groups in total. The third-order valence-corrected chi connectivity index (χ3v) is 3.05. The molecule has 0 aliphatic heterocycles. The standard InChI is InChI=1S/C10H16N4S/c1-3-5-6-7-9(12-11)10-8(4-2)13-14-15-10/h9,12H,4,6-7,11H2,1-2H3. The molecule has 4 nitrogen and oxygen atoms in total. The van der Waals surface area contributed by atoms with E-state index in [1.807, 2.05) is 6.92 Å². The van der Waals surface area contributed by atoms with Crippen molar-refractivity contribution in [1.29, 1.82) is 0 Å².